The highest BCUT2D eigenvalue weighted by Crippen LogP contribution is 2.59. The molecule has 3 heterocycles. The average Bonchev–Trinajstić information content (AvgIpc) is 3.52. The molecule has 168 valence electrons. The van der Waals surface area contributed by atoms with Gasteiger partial charge in [0.25, 0.3) is 0 Å². The van der Waals surface area contributed by atoms with Gasteiger partial charge < -0.3 is 20.3 Å². The standard InChI is InChI=1S/C24H33N3O4/c1-3-14-27-19(21(29)26-16-10-6-7-11-16)24-13-12-23(2,31-24)17(18(24)22(27)30)20(28)25-15-8-4-5-9-15/h3,12-13,15-19H,1,4-11,14H2,2H3,(H,25,28)(H,26,29)/t17-,18-,19+,23+,24-/m0/s1. The van der Waals surface area contributed by atoms with Gasteiger partial charge in [-0.05, 0) is 32.6 Å². The van der Waals surface area contributed by atoms with Gasteiger partial charge in [-0.25, -0.2) is 0 Å². The van der Waals surface area contributed by atoms with E-state index in [9.17, 15) is 14.4 Å². The second-order valence-electron chi connectivity index (χ2n) is 10.1. The van der Waals surface area contributed by atoms with Crippen molar-refractivity contribution in [1.82, 2.24) is 15.5 Å². The first-order valence-electron chi connectivity index (χ1n) is 11.8. The second-order valence-corrected chi connectivity index (χ2v) is 10.1. The predicted molar refractivity (Wildman–Crippen MR) is 115 cm³/mol. The number of nitrogens with zero attached hydrogens (tertiary/aromatic N) is 1. The van der Waals surface area contributed by atoms with E-state index < -0.39 is 29.1 Å². The van der Waals surface area contributed by atoms with E-state index in [-0.39, 0.29) is 36.3 Å². The number of carbonyl (C=O) groups is 3. The number of likely N-dealkylation sites (tertiary alicyclic amines) is 1. The lowest BCUT2D eigenvalue weighted by Crippen LogP contribution is -2.56. The molecule has 7 heteroatoms. The van der Waals surface area contributed by atoms with Gasteiger partial charge in [-0.1, -0.05) is 43.9 Å². The summed E-state index contributed by atoms with van der Waals surface area (Å²) < 4.78 is 6.49. The number of carbonyl (C=O) groups excluding carboxylic acids is 3. The largest absolute Gasteiger partial charge is 0.356 e. The van der Waals surface area contributed by atoms with Crippen molar-refractivity contribution in [3.8, 4) is 0 Å². The number of ether oxygens (including phenoxy) is 1. The van der Waals surface area contributed by atoms with Crippen LogP contribution in [0.25, 0.3) is 0 Å². The van der Waals surface area contributed by atoms with E-state index in [1.165, 1.54) is 0 Å². The Morgan fingerprint density at radius 1 is 1.10 bits per heavy atom. The monoisotopic (exact) mass is 427 g/mol. The van der Waals surface area contributed by atoms with Crippen LogP contribution in [0.15, 0.2) is 24.8 Å². The SMILES string of the molecule is C=CCN1C(=O)[C@@H]2[C@@H](C(=O)NC3CCCC3)[C@@]3(C)C=C[C@@]2(O3)[C@H]1C(=O)NC1CCCC1. The van der Waals surface area contributed by atoms with Crippen LogP contribution in [0, 0.1) is 11.8 Å². The Kier molecular flexibility index (Phi) is 5.00. The predicted octanol–water partition coefficient (Wildman–Crippen LogP) is 1.83. The molecule has 4 fully saturated rings. The molecule has 2 N–H and O–H groups in total. The molecule has 1 spiro atoms. The topological polar surface area (TPSA) is 87.7 Å². The quantitative estimate of drug-likeness (QED) is 0.633. The first kappa shape index (κ1) is 20.7. The number of hydrogen-bond donors (Lipinski definition) is 2. The van der Waals surface area contributed by atoms with Crippen LogP contribution in [0.5, 0.6) is 0 Å². The Hall–Kier alpha value is -2.15. The summed E-state index contributed by atoms with van der Waals surface area (Å²) >= 11 is 0. The van der Waals surface area contributed by atoms with E-state index in [0.29, 0.717) is 0 Å². The molecule has 3 aliphatic heterocycles. The molecule has 0 aromatic carbocycles. The first-order chi connectivity index (χ1) is 14.9. The summed E-state index contributed by atoms with van der Waals surface area (Å²) in [6.45, 7) is 5.90. The zero-order valence-electron chi connectivity index (χ0n) is 18.3. The molecule has 31 heavy (non-hydrogen) atoms. The molecular weight excluding hydrogens is 394 g/mol. The highest BCUT2D eigenvalue weighted by Gasteiger charge is 2.76. The highest BCUT2D eigenvalue weighted by molar-refractivity contribution is 6.00. The Balaban J connectivity index is 1.46. The first-order valence-corrected chi connectivity index (χ1v) is 11.8. The Morgan fingerprint density at radius 3 is 2.26 bits per heavy atom. The van der Waals surface area contributed by atoms with Gasteiger partial charge in [0.1, 0.15) is 11.6 Å². The van der Waals surface area contributed by atoms with E-state index in [1.54, 1.807) is 11.0 Å². The van der Waals surface area contributed by atoms with Crippen LogP contribution in [0.4, 0.5) is 0 Å². The third-order valence-corrected chi connectivity index (χ3v) is 8.06. The Morgan fingerprint density at radius 2 is 1.68 bits per heavy atom. The molecule has 0 aromatic rings. The normalized spacial score (nSPS) is 39.3. The van der Waals surface area contributed by atoms with E-state index >= 15 is 0 Å². The Labute approximate surface area is 183 Å². The fraction of sp³-hybridized carbons (Fsp3) is 0.708. The van der Waals surface area contributed by atoms with Crippen molar-refractivity contribution in [1.29, 1.82) is 0 Å². The summed E-state index contributed by atoms with van der Waals surface area (Å²) in [5, 5.41) is 6.32. The lowest BCUT2D eigenvalue weighted by molar-refractivity contribution is -0.144. The molecule has 2 saturated carbocycles. The maximum absolute atomic E-state index is 13.6. The van der Waals surface area contributed by atoms with Crippen molar-refractivity contribution in [3.05, 3.63) is 24.8 Å². The van der Waals surface area contributed by atoms with Crippen molar-refractivity contribution in [2.45, 2.75) is 87.6 Å². The summed E-state index contributed by atoms with van der Waals surface area (Å²) in [6.07, 6.45) is 13.7. The molecule has 0 aromatic heterocycles. The number of nitrogens with one attached hydrogen (secondary N) is 2. The van der Waals surface area contributed by atoms with E-state index in [2.05, 4.69) is 17.2 Å². The molecule has 0 radical (unpaired) electrons. The van der Waals surface area contributed by atoms with Crippen LogP contribution in [-0.4, -0.2) is 58.5 Å². The zero-order valence-corrected chi connectivity index (χ0v) is 18.3. The molecule has 5 aliphatic rings. The van der Waals surface area contributed by atoms with Gasteiger partial charge in [0.2, 0.25) is 17.7 Å². The van der Waals surface area contributed by atoms with Crippen molar-refractivity contribution in [2.24, 2.45) is 11.8 Å². The van der Waals surface area contributed by atoms with Gasteiger partial charge in [0.05, 0.1) is 17.4 Å². The molecule has 5 atom stereocenters. The molecular formula is C24H33N3O4. The summed E-state index contributed by atoms with van der Waals surface area (Å²) in [7, 11) is 0. The smallest absolute Gasteiger partial charge is 0.246 e. The van der Waals surface area contributed by atoms with Gasteiger partial charge in [-0.15, -0.1) is 6.58 Å². The number of fused-ring (bicyclic) bond motifs is 1. The van der Waals surface area contributed by atoms with Crippen LogP contribution in [0.1, 0.15) is 58.3 Å². The van der Waals surface area contributed by atoms with Gasteiger partial charge in [-0.2, -0.15) is 0 Å². The van der Waals surface area contributed by atoms with E-state index in [4.69, 9.17) is 4.74 Å². The van der Waals surface area contributed by atoms with Crippen molar-refractivity contribution < 1.29 is 19.1 Å². The summed E-state index contributed by atoms with van der Waals surface area (Å²) in [5.74, 6) is -1.83. The van der Waals surface area contributed by atoms with Crippen molar-refractivity contribution >= 4 is 17.7 Å². The number of hydrogen-bond acceptors (Lipinski definition) is 4. The Bertz CT molecular complexity index is 829. The minimum absolute atomic E-state index is 0.130. The molecule has 5 rings (SSSR count). The number of rotatable bonds is 6. The van der Waals surface area contributed by atoms with Crippen LogP contribution < -0.4 is 10.6 Å². The van der Waals surface area contributed by atoms with E-state index in [1.807, 2.05) is 19.1 Å². The lowest BCUT2D eigenvalue weighted by Gasteiger charge is -2.33. The van der Waals surface area contributed by atoms with Crippen LogP contribution in [-0.2, 0) is 19.1 Å². The molecule has 0 unspecified atom stereocenters. The molecule has 2 aliphatic carbocycles. The summed E-state index contributed by atoms with van der Waals surface area (Å²) in [6, 6.07) is -0.480. The van der Waals surface area contributed by atoms with Gasteiger partial charge >= 0.3 is 0 Å². The second kappa shape index (κ2) is 7.47. The molecule has 2 saturated heterocycles. The van der Waals surface area contributed by atoms with Gasteiger partial charge in [-0.3, -0.25) is 14.4 Å². The zero-order chi connectivity index (χ0) is 21.8. The summed E-state index contributed by atoms with van der Waals surface area (Å²) in [4.78, 5) is 42.0. The third-order valence-electron chi connectivity index (χ3n) is 8.06. The fourth-order valence-electron chi connectivity index (χ4n) is 6.68. The number of amides is 3. The summed E-state index contributed by atoms with van der Waals surface area (Å²) in [5.41, 5.74) is -1.98. The average molecular weight is 428 g/mol. The maximum Gasteiger partial charge on any atom is 0.246 e. The van der Waals surface area contributed by atoms with E-state index in [0.717, 1.165) is 51.4 Å². The minimum Gasteiger partial charge on any atom is -0.356 e. The van der Waals surface area contributed by atoms with Crippen LogP contribution >= 0.6 is 0 Å². The van der Waals surface area contributed by atoms with Crippen molar-refractivity contribution in [2.75, 3.05) is 6.54 Å². The van der Waals surface area contributed by atoms with Gasteiger partial charge in [0, 0.05) is 18.6 Å². The molecule has 2 bridgehead atoms. The molecule has 7 nitrogen and oxygen atoms in total. The third kappa shape index (κ3) is 3.07. The lowest BCUT2D eigenvalue weighted by atomic mass is 9.70. The highest BCUT2D eigenvalue weighted by atomic mass is 16.5. The van der Waals surface area contributed by atoms with Gasteiger partial charge in [0.15, 0.2) is 0 Å². The van der Waals surface area contributed by atoms with Crippen molar-refractivity contribution in [3.63, 3.8) is 0 Å². The van der Waals surface area contributed by atoms with Crippen LogP contribution in [0.3, 0.4) is 0 Å². The fourth-order valence-corrected chi connectivity index (χ4v) is 6.68. The molecule has 3 amide bonds. The van der Waals surface area contributed by atoms with Crippen LogP contribution in [0.2, 0.25) is 0 Å². The maximum atomic E-state index is 13.6. The minimum atomic E-state index is -1.10.